The summed E-state index contributed by atoms with van der Waals surface area (Å²) in [5.41, 5.74) is 0. The van der Waals surface area contributed by atoms with Crippen molar-refractivity contribution in [3.63, 3.8) is 0 Å². The predicted molar refractivity (Wildman–Crippen MR) is 27.6 cm³/mol. The molecule has 0 aromatic heterocycles. The van der Waals surface area contributed by atoms with Gasteiger partial charge in [-0.3, -0.25) is 0 Å². The molecule has 0 unspecified atom stereocenters. The SMILES string of the molecule is [C-]#[N+]CCC[N+]#[C-].[Pt]. The van der Waals surface area contributed by atoms with Crippen LogP contribution in [0, 0.1) is 13.1 Å². The fraction of sp³-hybridized carbons (Fsp3) is 0.600. The van der Waals surface area contributed by atoms with Crippen LogP contribution in [0.15, 0.2) is 0 Å². The van der Waals surface area contributed by atoms with Crippen molar-refractivity contribution in [3.05, 3.63) is 22.8 Å². The summed E-state index contributed by atoms with van der Waals surface area (Å²) in [6, 6.07) is 0. The molecular weight excluding hydrogens is 283 g/mol. The van der Waals surface area contributed by atoms with E-state index < -0.39 is 0 Å². The molecule has 8 heavy (non-hydrogen) atoms. The molecule has 0 N–H and O–H groups in total. The minimum atomic E-state index is 0. The standard InChI is InChI=1S/C5H6N2.Pt/c1-6-4-3-5-7-2;/h3-5H2;. The maximum absolute atomic E-state index is 6.30. The third kappa shape index (κ3) is 9.18. The Morgan fingerprint density at radius 1 is 1.00 bits per heavy atom. The van der Waals surface area contributed by atoms with Gasteiger partial charge in [-0.1, -0.05) is 0 Å². The molecule has 3 heteroatoms. The van der Waals surface area contributed by atoms with E-state index in [0.29, 0.717) is 13.1 Å². The molecule has 0 radical (unpaired) electrons. The number of nitrogens with zero attached hydrogens (tertiary/aromatic N) is 2. The second-order valence-electron chi connectivity index (χ2n) is 1.12. The molecule has 0 amide bonds. The summed E-state index contributed by atoms with van der Waals surface area (Å²) in [6.07, 6.45) is 0.729. The molecule has 0 fully saturated rings. The Morgan fingerprint density at radius 2 is 1.38 bits per heavy atom. The molecule has 0 aliphatic heterocycles. The number of rotatable bonds is 2. The van der Waals surface area contributed by atoms with Crippen LogP contribution in [0.2, 0.25) is 0 Å². The van der Waals surface area contributed by atoms with Gasteiger partial charge >= 0.3 is 0 Å². The van der Waals surface area contributed by atoms with Crippen molar-refractivity contribution in [1.82, 2.24) is 0 Å². The first-order valence-electron chi connectivity index (χ1n) is 2.08. The van der Waals surface area contributed by atoms with E-state index in [4.69, 9.17) is 13.1 Å². The zero-order valence-electron chi connectivity index (χ0n) is 4.33. The molecular formula is C5H6N2Pt. The number of hydrogen-bond acceptors (Lipinski definition) is 0. The van der Waals surface area contributed by atoms with Crippen molar-refractivity contribution in [2.45, 2.75) is 6.42 Å². The molecule has 0 spiro atoms. The summed E-state index contributed by atoms with van der Waals surface area (Å²) in [5, 5.41) is 0. The maximum atomic E-state index is 6.30. The molecule has 0 aromatic rings. The summed E-state index contributed by atoms with van der Waals surface area (Å²) < 4.78 is 0. The van der Waals surface area contributed by atoms with Gasteiger partial charge in [-0.2, -0.15) is 0 Å². The minimum Gasteiger partial charge on any atom is -0.317 e. The first-order valence-corrected chi connectivity index (χ1v) is 2.08. The zero-order chi connectivity index (χ0) is 5.54. The van der Waals surface area contributed by atoms with Gasteiger partial charge in [-0.05, 0) is 0 Å². The van der Waals surface area contributed by atoms with Crippen molar-refractivity contribution in [1.29, 1.82) is 0 Å². The molecule has 0 aliphatic carbocycles. The quantitative estimate of drug-likeness (QED) is 0.534. The van der Waals surface area contributed by atoms with Crippen molar-refractivity contribution in [2.24, 2.45) is 0 Å². The third-order valence-electron chi connectivity index (χ3n) is 0.540. The van der Waals surface area contributed by atoms with Crippen LogP contribution >= 0.6 is 0 Å². The van der Waals surface area contributed by atoms with Gasteiger partial charge in [-0.25, -0.2) is 13.1 Å². The van der Waals surface area contributed by atoms with E-state index in [-0.39, 0.29) is 21.1 Å². The van der Waals surface area contributed by atoms with Crippen molar-refractivity contribution >= 4 is 0 Å². The first-order chi connectivity index (χ1) is 3.41. The summed E-state index contributed by atoms with van der Waals surface area (Å²) in [7, 11) is 0. The monoisotopic (exact) mass is 289 g/mol. The van der Waals surface area contributed by atoms with Gasteiger partial charge in [-0.15, -0.1) is 0 Å². The molecule has 0 aromatic carbocycles. The molecule has 0 heterocycles. The van der Waals surface area contributed by atoms with Gasteiger partial charge < -0.3 is 9.69 Å². The van der Waals surface area contributed by atoms with Crippen LogP contribution in [0.4, 0.5) is 0 Å². The van der Waals surface area contributed by atoms with E-state index >= 15 is 0 Å². The van der Waals surface area contributed by atoms with Gasteiger partial charge in [0.15, 0.2) is 0 Å². The molecule has 0 saturated heterocycles. The largest absolute Gasteiger partial charge is 0.317 e. The molecule has 0 atom stereocenters. The second-order valence-corrected chi connectivity index (χ2v) is 1.12. The topological polar surface area (TPSA) is 8.72 Å². The Balaban J connectivity index is 0. The summed E-state index contributed by atoms with van der Waals surface area (Å²) in [6.45, 7) is 13.6. The van der Waals surface area contributed by atoms with Crippen LogP contribution < -0.4 is 0 Å². The Hall–Kier alpha value is -0.332. The van der Waals surface area contributed by atoms with Gasteiger partial charge in [0.05, 0.1) is 6.42 Å². The van der Waals surface area contributed by atoms with E-state index in [9.17, 15) is 0 Å². The van der Waals surface area contributed by atoms with Crippen molar-refractivity contribution in [2.75, 3.05) is 13.1 Å². The minimum absolute atomic E-state index is 0. The van der Waals surface area contributed by atoms with Gasteiger partial charge in [0.25, 0.3) is 0 Å². The van der Waals surface area contributed by atoms with Gasteiger partial charge in [0, 0.05) is 21.1 Å². The maximum Gasteiger partial charge on any atom is 0.221 e. The van der Waals surface area contributed by atoms with Crippen LogP contribution in [0.3, 0.4) is 0 Å². The fourth-order valence-electron chi connectivity index (χ4n) is 0.229. The third-order valence-corrected chi connectivity index (χ3v) is 0.540. The summed E-state index contributed by atoms with van der Waals surface area (Å²) >= 11 is 0. The normalized spacial score (nSPS) is 5.75. The smallest absolute Gasteiger partial charge is 0.221 e. The van der Waals surface area contributed by atoms with Crippen LogP contribution in [-0.2, 0) is 21.1 Å². The molecule has 46 valence electrons. The Kier molecular flexibility index (Phi) is 13.0. The van der Waals surface area contributed by atoms with E-state index in [0.717, 1.165) is 6.42 Å². The molecule has 0 rings (SSSR count). The molecule has 0 aliphatic rings. The van der Waals surface area contributed by atoms with Crippen LogP contribution in [0.1, 0.15) is 6.42 Å². The molecule has 0 bridgehead atoms. The van der Waals surface area contributed by atoms with Crippen molar-refractivity contribution in [3.8, 4) is 0 Å². The van der Waals surface area contributed by atoms with Crippen LogP contribution in [-0.4, -0.2) is 13.1 Å². The summed E-state index contributed by atoms with van der Waals surface area (Å²) in [5.74, 6) is 0. The molecule has 0 saturated carbocycles. The fourth-order valence-corrected chi connectivity index (χ4v) is 0.229. The second kappa shape index (κ2) is 9.83. The van der Waals surface area contributed by atoms with Crippen LogP contribution in [0.5, 0.6) is 0 Å². The van der Waals surface area contributed by atoms with E-state index in [1.807, 2.05) is 0 Å². The average molecular weight is 289 g/mol. The first kappa shape index (κ1) is 10.6. The van der Waals surface area contributed by atoms with Gasteiger partial charge in [0.2, 0.25) is 13.1 Å². The van der Waals surface area contributed by atoms with Crippen molar-refractivity contribution < 1.29 is 21.1 Å². The number of hydrogen-bond donors (Lipinski definition) is 0. The van der Waals surface area contributed by atoms with E-state index in [1.54, 1.807) is 0 Å². The Bertz CT molecular complexity index is 94.6. The Labute approximate surface area is 63.8 Å². The zero-order valence-corrected chi connectivity index (χ0v) is 6.60. The average Bonchev–Trinajstić information content (AvgIpc) is 1.69. The van der Waals surface area contributed by atoms with E-state index in [1.165, 1.54) is 0 Å². The Morgan fingerprint density at radius 3 is 1.62 bits per heavy atom. The molecule has 2 nitrogen and oxygen atoms in total. The van der Waals surface area contributed by atoms with Gasteiger partial charge in [0.1, 0.15) is 0 Å². The predicted octanol–water partition coefficient (Wildman–Crippen LogP) is 1.21. The summed E-state index contributed by atoms with van der Waals surface area (Å²) in [4.78, 5) is 6.16. The van der Waals surface area contributed by atoms with E-state index in [2.05, 4.69) is 9.69 Å². The van der Waals surface area contributed by atoms with Crippen LogP contribution in [0.25, 0.3) is 9.69 Å².